The van der Waals surface area contributed by atoms with Crippen molar-refractivity contribution in [3.63, 3.8) is 0 Å². The number of rotatable bonds is 3. The van der Waals surface area contributed by atoms with Crippen molar-refractivity contribution in [2.75, 3.05) is 0 Å². The molecule has 0 saturated carbocycles. The largest absolute Gasteiger partial charge is 0.508 e. The first-order chi connectivity index (χ1) is 12.1. The number of nitrogens with zero attached hydrogens (tertiary/aromatic N) is 1. The number of hydrogen-bond donors (Lipinski definition) is 2. The molecule has 0 bridgehead atoms. The van der Waals surface area contributed by atoms with Crippen LogP contribution in [0, 0.1) is 6.92 Å². The van der Waals surface area contributed by atoms with Crippen LogP contribution in [0.5, 0.6) is 5.75 Å². The summed E-state index contributed by atoms with van der Waals surface area (Å²) in [7, 11) is 0. The molecule has 0 aliphatic carbocycles. The third kappa shape index (κ3) is 3.59. The fourth-order valence-electron chi connectivity index (χ4n) is 2.33. The van der Waals surface area contributed by atoms with E-state index in [0.717, 1.165) is 11.8 Å². The van der Waals surface area contributed by atoms with Gasteiger partial charge >= 0.3 is 11.8 Å². The summed E-state index contributed by atoms with van der Waals surface area (Å²) in [5.41, 5.74) is -1.83. The third-order valence-electron chi connectivity index (χ3n) is 3.59. The summed E-state index contributed by atoms with van der Waals surface area (Å²) in [5, 5.41) is 10.0. The fourth-order valence-corrected chi connectivity index (χ4v) is 3.20. The number of phenols is 1. The van der Waals surface area contributed by atoms with E-state index in [4.69, 9.17) is 4.42 Å². The molecule has 3 aromatic rings. The maximum absolute atomic E-state index is 12.8. The van der Waals surface area contributed by atoms with Gasteiger partial charge in [0.1, 0.15) is 11.3 Å². The molecule has 0 unspecified atom stereocenters. The van der Waals surface area contributed by atoms with Crippen molar-refractivity contribution in [1.29, 1.82) is 0 Å². The highest BCUT2D eigenvalue weighted by Gasteiger charge is 2.33. The highest BCUT2D eigenvalue weighted by molar-refractivity contribution is 7.98. The lowest BCUT2D eigenvalue weighted by molar-refractivity contribution is -0.141. The Balaban J connectivity index is 1.99. The molecular formula is C16H11F3N2O4S. The molecule has 6 nitrogen and oxygen atoms in total. The number of aromatic nitrogens is 2. The van der Waals surface area contributed by atoms with Gasteiger partial charge in [0.25, 0.3) is 5.56 Å². The lowest BCUT2D eigenvalue weighted by Crippen LogP contribution is -2.16. The smallest absolute Gasteiger partial charge is 0.433 e. The number of aromatic amines is 1. The highest BCUT2D eigenvalue weighted by Crippen LogP contribution is 2.31. The van der Waals surface area contributed by atoms with Gasteiger partial charge in [-0.3, -0.25) is 4.79 Å². The predicted molar refractivity (Wildman–Crippen MR) is 88.3 cm³/mol. The molecule has 0 atom stereocenters. The predicted octanol–water partition coefficient (Wildman–Crippen LogP) is 3.20. The zero-order valence-electron chi connectivity index (χ0n) is 13.2. The molecule has 2 N–H and O–H groups in total. The van der Waals surface area contributed by atoms with Gasteiger partial charge in [0.2, 0.25) is 0 Å². The Morgan fingerprint density at radius 3 is 2.69 bits per heavy atom. The van der Waals surface area contributed by atoms with Crippen LogP contribution in [0.1, 0.15) is 16.8 Å². The summed E-state index contributed by atoms with van der Waals surface area (Å²) in [6, 6.07) is 4.55. The second-order valence-electron chi connectivity index (χ2n) is 5.40. The van der Waals surface area contributed by atoms with Crippen LogP contribution in [0.15, 0.2) is 43.4 Å². The summed E-state index contributed by atoms with van der Waals surface area (Å²) in [6.45, 7) is 1.57. The van der Waals surface area contributed by atoms with Gasteiger partial charge in [-0.05, 0) is 24.6 Å². The normalized spacial score (nSPS) is 11.8. The summed E-state index contributed by atoms with van der Waals surface area (Å²) in [5.74, 6) is 0.0191. The topological polar surface area (TPSA) is 96.2 Å². The molecule has 1 aromatic carbocycles. The van der Waals surface area contributed by atoms with Crippen molar-refractivity contribution in [3.05, 3.63) is 61.9 Å². The maximum atomic E-state index is 12.8. The SMILES string of the molecule is Cc1c(O)ccc2c(CSc3nc(C(F)(F)F)cc(=O)[nH]3)cc(=O)oc12. The first-order valence-corrected chi connectivity index (χ1v) is 8.20. The van der Waals surface area contributed by atoms with E-state index in [1.54, 1.807) is 13.0 Å². The van der Waals surface area contributed by atoms with E-state index in [9.17, 15) is 27.9 Å². The van der Waals surface area contributed by atoms with Crippen molar-refractivity contribution < 1.29 is 22.7 Å². The van der Waals surface area contributed by atoms with Gasteiger partial charge in [-0.25, -0.2) is 9.78 Å². The minimum atomic E-state index is -4.74. The number of alkyl halides is 3. The van der Waals surface area contributed by atoms with Crippen LogP contribution in [0.4, 0.5) is 13.2 Å². The summed E-state index contributed by atoms with van der Waals surface area (Å²) >= 11 is 0.842. The van der Waals surface area contributed by atoms with Gasteiger partial charge in [0.15, 0.2) is 10.9 Å². The molecular weight excluding hydrogens is 373 g/mol. The molecule has 0 aliphatic heterocycles. The molecule has 10 heteroatoms. The second kappa shape index (κ2) is 6.52. The number of benzene rings is 1. The number of phenolic OH excluding ortho intramolecular Hbond substituents is 1. The Bertz CT molecular complexity index is 1110. The standard InChI is InChI=1S/C16H11F3N2O4S/c1-7-10(22)3-2-9-8(4-13(24)25-14(7)9)6-26-15-20-11(16(17,18)19)5-12(23)21-15/h2-5,22H,6H2,1H3,(H,20,21,23). The van der Waals surface area contributed by atoms with E-state index in [-0.39, 0.29) is 22.2 Å². The molecule has 26 heavy (non-hydrogen) atoms. The number of hydrogen-bond acceptors (Lipinski definition) is 6. The zero-order valence-corrected chi connectivity index (χ0v) is 14.0. The van der Waals surface area contributed by atoms with Gasteiger partial charge in [0, 0.05) is 28.8 Å². The van der Waals surface area contributed by atoms with Crippen molar-refractivity contribution in [2.45, 2.75) is 24.0 Å². The first-order valence-electron chi connectivity index (χ1n) is 7.22. The second-order valence-corrected chi connectivity index (χ2v) is 6.36. The van der Waals surface area contributed by atoms with Crippen LogP contribution in [-0.4, -0.2) is 15.1 Å². The number of H-pyrrole nitrogens is 1. The monoisotopic (exact) mass is 384 g/mol. The van der Waals surface area contributed by atoms with E-state index in [0.29, 0.717) is 22.6 Å². The Labute approximate surface area is 147 Å². The van der Waals surface area contributed by atoms with Gasteiger partial charge < -0.3 is 14.5 Å². The van der Waals surface area contributed by atoms with E-state index in [1.165, 1.54) is 12.1 Å². The molecule has 0 fully saturated rings. The van der Waals surface area contributed by atoms with Crippen molar-refractivity contribution in [2.24, 2.45) is 0 Å². The number of thioether (sulfide) groups is 1. The zero-order chi connectivity index (χ0) is 19.1. The average Bonchev–Trinajstić information content (AvgIpc) is 2.55. The summed E-state index contributed by atoms with van der Waals surface area (Å²) in [4.78, 5) is 28.8. The maximum Gasteiger partial charge on any atom is 0.433 e. The number of nitrogens with one attached hydrogen (secondary N) is 1. The van der Waals surface area contributed by atoms with Crippen molar-refractivity contribution >= 4 is 22.7 Å². The Morgan fingerprint density at radius 2 is 2.00 bits per heavy atom. The minimum absolute atomic E-state index is 0.0469. The Morgan fingerprint density at radius 1 is 1.27 bits per heavy atom. The number of fused-ring (bicyclic) bond motifs is 1. The van der Waals surface area contributed by atoms with Gasteiger partial charge in [0.05, 0.1) is 0 Å². The molecule has 0 saturated heterocycles. The van der Waals surface area contributed by atoms with Crippen LogP contribution in [-0.2, 0) is 11.9 Å². The van der Waals surface area contributed by atoms with Crippen LogP contribution >= 0.6 is 11.8 Å². The fraction of sp³-hybridized carbons (Fsp3) is 0.188. The number of aryl methyl sites for hydroxylation is 1. The van der Waals surface area contributed by atoms with Crippen LogP contribution < -0.4 is 11.2 Å². The van der Waals surface area contributed by atoms with E-state index < -0.39 is 23.1 Å². The summed E-state index contributed by atoms with van der Waals surface area (Å²) < 4.78 is 43.4. The van der Waals surface area contributed by atoms with E-state index in [2.05, 4.69) is 9.97 Å². The van der Waals surface area contributed by atoms with Gasteiger partial charge in [-0.1, -0.05) is 11.8 Å². The molecule has 3 rings (SSSR count). The van der Waals surface area contributed by atoms with Crippen molar-refractivity contribution in [3.8, 4) is 5.75 Å². The third-order valence-corrected chi connectivity index (χ3v) is 4.51. The molecule has 0 aliphatic rings. The Hall–Kier alpha value is -2.75. The molecule has 2 heterocycles. The Kier molecular flexibility index (Phi) is 4.53. The van der Waals surface area contributed by atoms with E-state index >= 15 is 0 Å². The van der Waals surface area contributed by atoms with Crippen LogP contribution in [0.3, 0.4) is 0 Å². The molecule has 0 amide bonds. The number of aromatic hydroxyl groups is 1. The van der Waals surface area contributed by atoms with Crippen LogP contribution in [0.25, 0.3) is 11.0 Å². The molecule has 2 aromatic heterocycles. The average molecular weight is 384 g/mol. The molecule has 0 radical (unpaired) electrons. The van der Waals surface area contributed by atoms with Crippen LogP contribution in [0.2, 0.25) is 0 Å². The lowest BCUT2D eigenvalue weighted by atomic mass is 10.1. The van der Waals surface area contributed by atoms with Crippen molar-refractivity contribution in [1.82, 2.24) is 9.97 Å². The summed E-state index contributed by atoms with van der Waals surface area (Å²) in [6.07, 6.45) is -4.74. The van der Waals surface area contributed by atoms with E-state index in [1.807, 2.05) is 0 Å². The lowest BCUT2D eigenvalue weighted by Gasteiger charge is -2.09. The minimum Gasteiger partial charge on any atom is -0.508 e. The quantitative estimate of drug-likeness (QED) is 0.409. The first kappa shape index (κ1) is 18.1. The molecule has 0 spiro atoms. The highest BCUT2D eigenvalue weighted by atomic mass is 32.2. The molecule has 136 valence electrons. The number of halogens is 3. The van der Waals surface area contributed by atoms with Gasteiger partial charge in [-0.15, -0.1) is 0 Å². The van der Waals surface area contributed by atoms with Gasteiger partial charge in [-0.2, -0.15) is 13.2 Å².